The summed E-state index contributed by atoms with van der Waals surface area (Å²) in [5, 5.41) is 0.0765. The summed E-state index contributed by atoms with van der Waals surface area (Å²) in [6.07, 6.45) is 3.48. The molecule has 0 aliphatic rings. The molecule has 0 amide bonds. The Hall–Kier alpha value is -3.39. The molecule has 9 heteroatoms. The number of fused-ring (bicyclic) bond motifs is 1. The fourth-order valence-electron chi connectivity index (χ4n) is 3.11. The Morgan fingerprint density at radius 3 is 2.38 bits per heavy atom. The number of hydrogen-bond acceptors (Lipinski definition) is 6. The van der Waals surface area contributed by atoms with Crippen LogP contribution in [0.25, 0.3) is 11.2 Å². The predicted octanol–water partition coefficient (Wildman–Crippen LogP) is 2.76. The molecule has 0 N–H and O–H groups in total. The van der Waals surface area contributed by atoms with Crippen molar-refractivity contribution in [1.29, 1.82) is 0 Å². The van der Waals surface area contributed by atoms with E-state index >= 15 is 0 Å². The van der Waals surface area contributed by atoms with Crippen LogP contribution in [0.2, 0.25) is 5.28 Å². The van der Waals surface area contributed by atoms with Crippen molar-refractivity contribution in [3.05, 3.63) is 75.7 Å². The minimum absolute atomic E-state index is 0.0762. The van der Waals surface area contributed by atoms with E-state index in [2.05, 4.69) is 15.0 Å². The molecule has 0 aliphatic heterocycles. The summed E-state index contributed by atoms with van der Waals surface area (Å²) in [6.45, 7) is 0.935. The average molecular weight is 412 g/mol. The molecule has 148 valence electrons. The Bertz CT molecular complexity index is 1220. The summed E-state index contributed by atoms with van der Waals surface area (Å²) in [5.74, 6) is 1.13. The molecule has 3 heterocycles. The van der Waals surface area contributed by atoms with E-state index in [1.54, 1.807) is 30.1 Å². The van der Waals surface area contributed by atoms with Crippen molar-refractivity contribution >= 4 is 22.8 Å². The number of imidazole rings is 1. The van der Waals surface area contributed by atoms with Crippen molar-refractivity contribution in [3.63, 3.8) is 0 Å². The molecule has 0 bridgehead atoms. The second-order valence-electron chi connectivity index (χ2n) is 6.40. The van der Waals surface area contributed by atoms with Crippen molar-refractivity contribution in [2.45, 2.75) is 13.1 Å². The van der Waals surface area contributed by atoms with Crippen LogP contribution in [0.5, 0.6) is 11.6 Å². The third kappa shape index (κ3) is 3.93. The maximum Gasteiger partial charge on any atom is 0.250 e. The highest BCUT2D eigenvalue weighted by Crippen LogP contribution is 2.24. The van der Waals surface area contributed by atoms with E-state index in [0.29, 0.717) is 30.1 Å². The molecule has 0 saturated heterocycles. The minimum Gasteiger partial charge on any atom is -0.497 e. The molecule has 0 unspecified atom stereocenters. The molecule has 4 aromatic rings. The number of ether oxygens (including phenoxy) is 2. The average Bonchev–Trinajstić information content (AvgIpc) is 3.12. The van der Waals surface area contributed by atoms with Crippen LogP contribution in [0.4, 0.5) is 0 Å². The molecule has 8 nitrogen and oxygen atoms in total. The van der Waals surface area contributed by atoms with Crippen molar-refractivity contribution in [2.75, 3.05) is 14.2 Å². The van der Waals surface area contributed by atoms with Crippen molar-refractivity contribution in [2.24, 2.45) is 0 Å². The van der Waals surface area contributed by atoms with Crippen molar-refractivity contribution in [1.82, 2.24) is 24.1 Å². The zero-order valence-electron chi connectivity index (χ0n) is 15.9. The first-order valence-electron chi connectivity index (χ1n) is 8.82. The van der Waals surface area contributed by atoms with E-state index in [-0.39, 0.29) is 10.8 Å². The highest BCUT2D eigenvalue weighted by molar-refractivity contribution is 6.28. The number of halogens is 1. The Labute approximate surface area is 171 Å². The number of aromatic nitrogens is 5. The van der Waals surface area contributed by atoms with Crippen LogP contribution < -0.4 is 15.0 Å². The van der Waals surface area contributed by atoms with E-state index in [1.807, 2.05) is 35.0 Å². The molecule has 0 aliphatic carbocycles. The van der Waals surface area contributed by atoms with Gasteiger partial charge in [0.25, 0.3) is 5.56 Å². The SMILES string of the molecule is COc1ccc(Cn2cc(Cn3cnc4nc(Cl)nc(OC)c43)ccc2=O)cc1. The monoisotopic (exact) mass is 411 g/mol. The van der Waals surface area contributed by atoms with Crippen LogP contribution in [0, 0.1) is 0 Å². The van der Waals surface area contributed by atoms with Gasteiger partial charge >= 0.3 is 0 Å². The normalized spacial score (nSPS) is 11.0. The lowest BCUT2D eigenvalue weighted by atomic mass is 10.2. The second kappa shape index (κ2) is 7.92. The lowest BCUT2D eigenvalue weighted by molar-refractivity contribution is 0.400. The Morgan fingerprint density at radius 2 is 1.66 bits per heavy atom. The fraction of sp³-hybridized carbons (Fsp3) is 0.200. The molecular weight excluding hydrogens is 394 g/mol. The van der Waals surface area contributed by atoms with Gasteiger partial charge in [-0.3, -0.25) is 4.79 Å². The summed E-state index contributed by atoms with van der Waals surface area (Å²) >= 11 is 5.91. The van der Waals surface area contributed by atoms with E-state index in [9.17, 15) is 4.79 Å². The van der Waals surface area contributed by atoms with Gasteiger partial charge in [0.05, 0.1) is 33.6 Å². The largest absolute Gasteiger partial charge is 0.497 e. The van der Waals surface area contributed by atoms with Crippen LogP contribution in [-0.2, 0) is 13.1 Å². The first-order valence-corrected chi connectivity index (χ1v) is 9.20. The summed E-state index contributed by atoms with van der Waals surface area (Å²) in [4.78, 5) is 24.8. The van der Waals surface area contributed by atoms with Crippen LogP contribution in [0.3, 0.4) is 0 Å². The summed E-state index contributed by atoms with van der Waals surface area (Å²) in [5.41, 5.74) is 2.95. The van der Waals surface area contributed by atoms with Gasteiger partial charge in [-0.15, -0.1) is 0 Å². The predicted molar refractivity (Wildman–Crippen MR) is 109 cm³/mol. The van der Waals surface area contributed by atoms with Crippen LogP contribution in [0.1, 0.15) is 11.1 Å². The van der Waals surface area contributed by atoms with Gasteiger partial charge < -0.3 is 18.6 Å². The van der Waals surface area contributed by atoms with E-state index in [1.165, 1.54) is 7.11 Å². The third-order valence-electron chi connectivity index (χ3n) is 4.52. The summed E-state index contributed by atoms with van der Waals surface area (Å²) in [6, 6.07) is 11.0. The molecular formula is C20H18ClN5O3. The smallest absolute Gasteiger partial charge is 0.250 e. The Kier molecular flexibility index (Phi) is 5.18. The van der Waals surface area contributed by atoms with Crippen LogP contribution >= 0.6 is 11.6 Å². The summed E-state index contributed by atoms with van der Waals surface area (Å²) < 4.78 is 14.0. The van der Waals surface area contributed by atoms with Gasteiger partial charge in [-0.1, -0.05) is 18.2 Å². The highest BCUT2D eigenvalue weighted by atomic mass is 35.5. The maximum atomic E-state index is 12.3. The standard InChI is InChI=1S/C20H18ClN5O3/c1-28-15-6-3-13(4-7-15)9-25-10-14(5-8-16(25)27)11-26-12-22-18-17(26)19(29-2)24-20(21)23-18/h3-8,10,12H,9,11H2,1-2H3. The minimum atomic E-state index is -0.0762. The van der Waals surface area contributed by atoms with Gasteiger partial charge in [-0.25, -0.2) is 4.98 Å². The quantitative estimate of drug-likeness (QED) is 0.453. The molecule has 1 aromatic carbocycles. The van der Waals surface area contributed by atoms with Gasteiger partial charge in [0.2, 0.25) is 11.2 Å². The topological polar surface area (TPSA) is 84.1 Å². The lowest BCUT2D eigenvalue weighted by Crippen LogP contribution is -2.20. The van der Waals surface area contributed by atoms with E-state index < -0.39 is 0 Å². The molecule has 0 atom stereocenters. The first kappa shape index (κ1) is 18.9. The number of hydrogen-bond donors (Lipinski definition) is 0. The maximum absolute atomic E-state index is 12.3. The third-order valence-corrected chi connectivity index (χ3v) is 4.68. The molecule has 0 spiro atoms. The number of pyridine rings is 1. The van der Waals surface area contributed by atoms with Crippen LogP contribution in [0.15, 0.2) is 53.7 Å². The van der Waals surface area contributed by atoms with Crippen molar-refractivity contribution < 1.29 is 9.47 Å². The molecule has 0 fully saturated rings. The van der Waals surface area contributed by atoms with E-state index in [0.717, 1.165) is 16.9 Å². The highest BCUT2D eigenvalue weighted by Gasteiger charge is 2.14. The van der Waals surface area contributed by atoms with Gasteiger partial charge in [0.15, 0.2) is 11.2 Å². The molecule has 0 saturated carbocycles. The summed E-state index contributed by atoms with van der Waals surface area (Å²) in [7, 11) is 3.14. The van der Waals surface area contributed by atoms with Gasteiger partial charge in [0, 0.05) is 12.3 Å². The zero-order chi connectivity index (χ0) is 20.4. The first-order chi connectivity index (χ1) is 14.1. The second-order valence-corrected chi connectivity index (χ2v) is 6.74. The zero-order valence-corrected chi connectivity index (χ0v) is 16.6. The number of rotatable bonds is 6. The van der Waals surface area contributed by atoms with Gasteiger partial charge in [0.1, 0.15) is 5.75 Å². The van der Waals surface area contributed by atoms with E-state index in [4.69, 9.17) is 21.1 Å². The Balaban J connectivity index is 1.64. The van der Waals surface area contributed by atoms with Gasteiger partial charge in [-0.2, -0.15) is 9.97 Å². The molecule has 29 heavy (non-hydrogen) atoms. The molecule has 0 radical (unpaired) electrons. The van der Waals surface area contributed by atoms with Crippen LogP contribution in [-0.4, -0.2) is 38.3 Å². The lowest BCUT2D eigenvalue weighted by Gasteiger charge is -2.11. The van der Waals surface area contributed by atoms with Crippen molar-refractivity contribution in [3.8, 4) is 11.6 Å². The molecule has 3 aromatic heterocycles. The fourth-order valence-corrected chi connectivity index (χ4v) is 3.26. The van der Waals surface area contributed by atoms with Gasteiger partial charge in [-0.05, 0) is 34.9 Å². The number of benzene rings is 1. The molecule has 4 rings (SSSR count). The number of methoxy groups -OCH3 is 2. The Morgan fingerprint density at radius 1 is 0.931 bits per heavy atom. The number of nitrogens with zero attached hydrogens (tertiary/aromatic N) is 5.